The highest BCUT2D eigenvalue weighted by Gasteiger charge is 2.11. The molecule has 0 fully saturated rings. The van der Waals surface area contributed by atoms with E-state index in [1.165, 1.54) is 0 Å². The summed E-state index contributed by atoms with van der Waals surface area (Å²) < 4.78 is 11.5. The lowest BCUT2D eigenvalue weighted by Gasteiger charge is -2.13. The fraction of sp³-hybridized carbons (Fsp3) is 0.208. The van der Waals surface area contributed by atoms with Crippen molar-refractivity contribution in [2.45, 2.75) is 26.7 Å². The van der Waals surface area contributed by atoms with E-state index in [4.69, 9.17) is 9.47 Å². The summed E-state index contributed by atoms with van der Waals surface area (Å²) in [6.45, 7) is 3.88. The molecule has 144 valence electrons. The Morgan fingerprint density at radius 2 is 1.54 bits per heavy atom. The molecule has 0 unspecified atom stereocenters. The number of ether oxygens (including phenoxy) is 2. The van der Waals surface area contributed by atoms with Crippen molar-refractivity contribution in [3.8, 4) is 5.75 Å². The molecule has 0 saturated heterocycles. The first-order valence-corrected chi connectivity index (χ1v) is 9.45. The van der Waals surface area contributed by atoms with Gasteiger partial charge in [-0.2, -0.15) is 0 Å². The third-order valence-electron chi connectivity index (χ3n) is 4.29. The normalized spacial score (nSPS) is 10.5. The maximum absolute atomic E-state index is 12.5. The second-order valence-electron chi connectivity index (χ2n) is 6.40. The van der Waals surface area contributed by atoms with E-state index < -0.39 is 0 Å². The highest BCUT2D eigenvalue weighted by molar-refractivity contribution is 5.94. The van der Waals surface area contributed by atoms with Gasteiger partial charge in [0.2, 0.25) is 0 Å². The summed E-state index contributed by atoms with van der Waals surface area (Å²) in [7, 11) is 0. The fourth-order valence-electron chi connectivity index (χ4n) is 2.86. The molecule has 1 amide bonds. The molecule has 4 heteroatoms. The SMILES string of the molecule is CCOc1ccc(C(=O)NCc2ccccc2)cc1COCc1ccccc1. The van der Waals surface area contributed by atoms with Crippen LogP contribution in [0.1, 0.15) is 34.0 Å². The van der Waals surface area contributed by atoms with Crippen LogP contribution >= 0.6 is 0 Å². The summed E-state index contributed by atoms with van der Waals surface area (Å²) in [5.41, 5.74) is 3.63. The molecule has 0 bridgehead atoms. The highest BCUT2D eigenvalue weighted by atomic mass is 16.5. The van der Waals surface area contributed by atoms with Gasteiger partial charge in [-0.25, -0.2) is 0 Å². The molecule has 4 nitrogen and oxygen atoms in total. The van der Waals surface area contributed by atoms with Crippen molar-refractivity contribution in [1.82, 2.24) is 5.32 Å². The summed E-state index contributed by atoms with van der Waals surface area (Å²) in [5.74, 6) is 0.631. The molecule has 0 aliphatic rings. The van der Waals surface area contributed by atoms with Crippen LogP contribution in [0.25, 0.3) is 0 Å². The average Bonchev–Trinajstić information content (AvgIpc) is 2.75. The molecule has 0 atom stereocenters. The number of carbonyl (C=O) groups is 1. The molecule has 0 saturated carbocycles. The zero-order valence-corrected chi connectivity index (χ0v) is 16.1. The Labute approximate surface area is 166 Å². The maximum Gasteiger partial charge on any atom is 0.251 e. The third kappa shape index (κ3) is 5.69. The minimum Gasteiger partial charge on any atom is -0.494 e. The Balaban J connectivity index is 1.64. The van der Waals surface area contributed by atoms with Crippen LogP contribution in [0.5, 0.6) is 5.75 Å². The van der Waals surface area contributed by atoms with Gasteiger partial charge in [0, 0.05) is 17.7 Å². The van der Waals surface area contributed by atoms with Crippen molar-refractivity contribution in [2.24, 2.45) is 0 Å². The van der Waals surface area contributed by atoms with E-state index in [9.17, 15) is 4.79 Å². The second kappa shape index (κ2) is 10.3. The Morgan fingerprint density at radius 3 is 2.21 bits per heavy atom. The summed E-state index contributed by atoms with van der Waals surface area (Å²) in [5, 5.41) is 2.96. The largest absolute Gasteiger partial charge is 0.494 e. The molecule has 1 N–H and O–H groups in total. The fourth-order valence-corrected chi connectivity index (χ4v) is 2.86. The summed E-state index contributed by atoms with van der Waals surface area (Å²) in [4.78, 5) is 12.5. The third-order valence-corrected chi connectivity index (χ3v) is 4.29. The number of hydrogen-bond acceptors (Lipinski definition) is 3. The van der Waals surface area contributed by atoms with Crippen LogP contribution in [0.4, 0.5) is 0 Å². The van der Waals surface area contributed by atoms with Crippen LogP contribution < -0.4 is 10.1 Å². The second-order valence-corrected chi connectivity index (χ2v) is 6.40. The number of rotatable bonds is 9. The zero-order valence-electron chi connectivity index (χ0n) is 16.1. The quantitative estimate of drug-likeness (QED) is 0.588. The minimum atomic E-state index is -0.115. The van der Waals surface area contributed by atoms with Crippen molar-refractivity contribution in [3.05, 3.63) is 101 Å². The number of amides is 1. The number of benzene rings is 3. The van der Waals surface area contributed by atoms with Crippen LogP contribution in [0.2, 0.25) is 0 Å². The van der Waals surface area contributed by atoms with Gasteiger partial charge in [-0.15, -0.1) is 0 Å². The Morgan fingerprint density at radius 1 is 0.857 bits per heavy atom. The van der Waals surface area contributed by atoms with Gasteiger partial charge >= 0.3 is 0 Å². The van der Waals surface area contributed by atoms with E-state index >= 15 is 0 Å². The standard InChI is InChI=1S/C24H25NO3/c1-2-28-23-14-13-21(24(26)25-16-19-9-5-3-6-10-19)15-22(23)18-27-17-20-11-7-4-8-12-20/h3-15H,2,16-18H2,1H3,(H,25,26). The van der Waals surface area contributed by atoms with Crippen LogP contribution in [-0.4, -0.2) is 12.5 Å². The van der Waals surface area contributed by atoms with Gasteiger partial charge in [0.25, 0.3) is 5.91 Å². The van der Waals surface area contributed by atoms with E-state index in [1.807, 2.05) is 79.7 Å². The lowest BCUT2D eigenvalue weighted by Crippen LogP contribution is -2.23. The monoisotopic (exact) mass is 375 g/mol. The van der Waals surface area contributed by atoms with Crippen LogP contribution in [-0.2, 0) is 24.5 Å². The predicted octanol–water partition coefficient (Wildman–Crippen LogP) is 4.73. The van der Waals surface area contributed by atoms with Gasteiger partial charge in [0.05, 0.1) is 19.8 Å². The Bertz CT molecular complexity index is 879. The van der Waals surface area contributed by atoms with Crippen LogP contribution in [0.3, 0.4) is 0 Å². The zero-order chi connectivity index (χ0) is 19.6. The van der Waals surface area contributed by atoms with Crippen LogP contribution in [0, 0.1) is 0 Å². The molecule has 0 heterocycles. The average molecular weight is 375 g/mol. The number of nitrogens with one attached hydrogen (secondary N) is 1. The summed E-state index contributed by atoms with van der Waals surface area (Å²) in [6, 6.07) is 25.3. The van der Waals surface area contributed by atoms with Gasteiger partial charge in [0.1, 0.15) is 5.75 Å². The van der Waals surface area contributed by atoms with Gasteiger partial charge in [0.15, 0.2) is 0 Å². The first kappa shape index (κ1) is 19.6. The van der Waals surface area contributed by atoms with E-state index in [1.54, 1.807) is 6.07 Å². The van der Waals surface area contributed by atoms with Crippen molar-refractivity contribution in [3.63, 3.8) is 0 Å². The summed E-state index contributed by atoms with van der Waals surface area (Å²) in [6.07, 6.45) is 0. The van der Waals surface area contributed by atoms with Gasteiger partial charge < -0.3 is 14.8 Å². The first-order chi connectivity index (χ1) is 13.8. The summed E-state index contributed by atoms with van der Waals surface area (Å²) >= 11 is 0. The topological polar surface area (TPSA) is 47.6 Å². The molecule has 3 aromatic carbocycles. The van der Waals surface area contributed by atoms with Gasteiger partial charge in [-0.05, 0) is 36.2 Å². The van der Waals surface area contributed by atoms with E-state index in [2.05, 4.69) is 5.32 Å². The van der Waals surface area contributed by atoms with Crippen molar-refractivity contribution < 1.29 is 14.3 Å². The maximum atomic E-state index is 12.5. The smallest absolute Gasteiger partial charge is 0.251 e. The predicted molar refractivity (Wildman–Crippen MR) is 110 cm³/mol. The molecular formula is C24H25NO3. The molecule has 28 heavy (non-hydrogen) atoms. The molecule has 0 aromatic heterocycles. The van der Waals surface area contributed by atoms with Crippen molar-refractivity contribution in [2.75, 3.05) is 6.61 Å². The molecule has 0 spiro atoms. The molecular weight excluding hydrogens is 350 g/mol. The van der Waals surface area contributed by atoms with E-state index in [-0.39, 0.29) is 5.91 Å². The molecule has 0 radical (unpaired) electrons. The van der Waals surface area contributed by atoms with Gasteiger partial charge in [-0.1, -0.05) is 60.7 Å². The van der Waals surface area contributed by atoms with E-state index in [0.717, 1.165) is 22.4 Å². The number of hydrogen-bond donors (Lipinski definition) is 1. The first-order valence-electron chi connectivity index (χ1n) is 9.45. The van der Waals surface area contributed by atoms with Crippen molar-refractivity contribution in [1.29, 1.82) is 0 Å². The lowest BCUT2D eigenvalue weighted by molar-refractivity contribution is 0.0948. The minimum absolute atomic E-state index is 0.115. The van der Waals surface area contributed by atoms with Crippen LogP contribution in [0.15, 0.2) is 78.9 Å². The van der Waals surface area contributed by atoms with E-state index in [0.29, 0.717) is 31.9 Å². The Hall–Kier alpha value is -3.11. The molecule has 3 aromatic rings. The molecule has 3 rings (SSSR count). The molecule has 0 aliphatic carbocycles. The number of carbonyl (C=O) groups excluding carboxylic acids is 1. The Kier molecular flexibility index (Phi) is 7.21. The molecule has 0 aliphatic heterocycles. The van der Waals surface area contributed by atoms with Gasteiger partial charge in [-0.3, -0.25) is 4.79 Å². The highest BCUT2D eigenvalue weighted by Crippen LogP contribution is 2.22. The van der Waals surface area contributed by atoms with Crippen molar-refractivity contribution >= 4 is 5.91 Å². The lowest BCUT2D eigenvalue weighted by atomic mass is 10.1.